The highest BCUT2D eigenvalue weighted by molar-refractivity contribution is 6.03. The van der Waals surface area contributed by atoms with Crippen LogP contribution in [-0.4, -0.2) is 141 Å². The van der Waals surface area contributed by atoms with E-state index in [1.54, 1.807) is 37.7 Å². The van der Waals surface area contributed by atoms with Gasteiger partial charge in [-0.2, -0.15) is 0 Å². The van der Waals surface area contributed by atoms with E-state index in [1.165, 1.54) is 0 Å². The van der Waals surface area contributed by atoms with E-state index < -0.39 is 36.1 Å². The van der Waals surface area contributed by atoms with E-state index in [0.29, 0.717) is 47.4 Å². The summed E-state index contributed by atoms with van der Waals surface area (Å²) in [6, 6.07) is 29.6. The third-order valence-electron chi connectivity index (χ3n) is 13.3. The summed E-state index contributed by atoms with van der Waals surface area (Å²) < 4.78 is 12.5. The first-order valence-electron chi connectivity index (χ1n) is 24.1. The summed E-state index contributed by atoms with van der Waals surface area (Å²) in [5.74, 6) is 0.557. The Bertz CT molecular complexity index is 2600. The number of anilines is 2. The molecule has 1 fully saturated rings. The van der Waals surface area contributed by atoms with Gasteiger partial charge in [0.05, 0.1) is 11.4 Å². The number of aromatic nitrogens is 6. The highest BCUT2D eigenvalue weighted by Gasteiger charge is 2.38. The van der Waals surface area contributed by atoms with Gasteiger partial charge in [0, 0.05) is 53.1 Å². The zero-order chi connectivity index (χ0) is 48.7. The van der Waals surface area contributed by atoms with Gasteiger partial charge in [-0.15, -0.1) is 10.2 Å². The number of H-pyrrole nitrogens is 2. The Morgan fingerprint density at radius 1 is 0.586 bits per heavy atom. The molecule has 0 saturated carbocycles. The number of nitrogens with zero attached hydrogens (tertiary/aromatic N) is 8. The van der Waals surface area contributed by atoms with Gasteiger partial charge in [-0.25, -0.2) is 9.97 Å². The summed E-state index contributed by atoms with van der Waals surface area (Å²) in [4.78, 5) is 70.9. The number of fused-ring (bicyclic) bond motifs is 2. The quantitative estimate of drug-likeness (QED) is 0.107. The number of aryl methyl sites for hydroxylation is 2. The molecule has 4 aromatic carbocycles. The summed E-state index contributed by atoms with van der Waals surface area (Å²) in [5.41, 5.74) is 5.63. The van der Waals surface area contributed by atoms with E-state index in [-0.39, 0.29) is 23.5 Å². The van der Waals surface area contributed by atoms with Crippen LogP contribution in [0.25, 0.3) is 0 Å². The van der Waals surface area contributed by atoms with Gasteiger partial charge in [0.25, 0.3) is 23.6 Å². The Balaban J connectivity index is 0.699. The van der Waals surface area contributed by atoms with Gasteiger partial charge in [-0.1, -0.05) is 72.8 Å². The summed E-state index contributed by atoms with van der Waals surface area (Å²) in [5, 5.41) is 19.5. The summed E-state index contributed by atoms with van der Waals surface area (Å²) in [6.07, 6.45) is 3.38. The van der Waals surface area contributed by atoms with Gasteiger partial charge in [0.1, 0.15) is 47.4 Å². The molecule has 5 heterocycles. The standard InChI is InChI=1S/C52H60N12O6/c1-33-45(55-49(65)47-53-43(57-59-47)31-35-13-7-5-8-14-35)51(67)61(3)39-29-37(19-21-41(39)69-33)17-11-23-63-25-27-64(28-26-63)24-12-18-38-20-22-42-40(30-38)62(4)52(68)46(34(2)70-42)56-50(66)48-54-44(58-60-48)32-36-15-9-6-10-16-36/h5-10,13-16,19-22,29-30,33-34,45-46H,11-12,17-18,23-28,31-32H2,1-4H3,(H,55,65)(H,56,66)(H,53,57,59)(H,54,58,60)/t33-,34-,45+,46+/m1/s1. The molecule has 1 saturated heterocycles. The first kappa shape index (κ1) is 47.6. The molecule has 18 heteroatoms. The molecule has 2 aromatic heterocycles. The maximum absolute atomic E-state index is 13.8. The molecule has 0 aliphatic carbocycles. The second kappa shape index (κ2) is 21.5. The molecule has 3 aliphatic heterocycles. The molecule has 4 atom stereocenters. The van der Waals surface area contributed by atoms with Crippen molar-refractivity contribution in [2.24, 2.45) is 0 Å². The van der Waals surface area contributed by atoms with Gasteiger partial charge in [-0.05, 0) is 99.1 Å². The van der Waals surface area contributed by atoms with Gasteiger partial charge >= 0.3 is 0 Å². The molecule has 0 radical (unpaired) electrons. The van der Waals surface area contributed by atoms with Crippen molar-refractivity contribution in [1.82, 2.24) is 50.8 Å². The molecule has 0 unspecified atom stereocenters. The van der Waals surface area contributed by atoms with Crippen LogP contribution >= 0.6 is 0 Å². The third kappa shape index (κ3) is 11.2. The molecule has 3 aliphatic rings. The number of aromatic amines is 2. The normalized spacial score (nSPS) is 19.6. The Morgan fingerprint density at radius 2 is 0.986 bits per heavy atom. The summed E-state index contributed by atoms with van der Waals surface area (Å²) in [7, 11) is 3.42. The highest BCUT2D eigenvalue weighted by Crippen LogP contribution is 2.35. The predicted octanol–water partition coefficient (Wildman–Crippen LogP) is 4.37. The zero-order valence-electron chi connectivity index (χ0n) is 40.1. The predicted molar refractivity (Wildman–Crippen MR) is 263 cm³/mol. The topological polar surface area (TPSA) is 207 Å². The molecule has 364 valence electrons. The van der Waals surface area contributed by atoms with Crippen LogP contribution in [0.15, 0.2) is 97.1 Å². The molecular formula is C52H60N12O6. The second-order valence-corrected chi connectivity index (χ2v) is 18.4. The molecular weight excluding hydrogens is 889 g/mol. The highest BCUT2D eigenvalue weighted by atomic mass is 16.5. The number of hydrogen-bond acceptors (Lipinski definition) is 12. The number of piperazine rings is 1. The lowest BCUT2D eigenvalue weighted by Crippen LogP contribution is -2.53. The summed E-state index contributed by atoms with van der Waals surface area (Å²) in [6.45, 7) is 9.46. The molecule has 18 nitrogen and oxygen atoms in total. The minimum absolute atomic E-state index is 0.0318. The van der Waals surface area contributed by atoms with Crippen LogP contribution < -0.4 is 29.9 Å². The molecule has 4 N–H and O–H groups in total. The zero-order valence-corrected chi connectivity index (χ0v) is 40.1. The van der Waals surface area contributed by atoms with Gasteiger partial charge in [0.15, 0.2) is 0 Å². The monoisotopic (exact) mass is 948 g/mol. The van der Waals surface area contributed by atoms with Crippen LogP contribution in [0.5, 0.6) is 11.5 Å². The van der Waals surface area contributed by atoms with Gasteiger partial charge in [0.2, 0.25) is 11.6 Å². The lowest BCUT2D eigenvalue weighted by Gasteiger charge is -2.34. The SMILES string of the molecule is C[C@H]1Oc2ccc(CCCN3CCN(CCCc4ccc5c(c4)N(C)C(=O)[C@@H](NC(=O)c4n[nH]c(Cc6ccccc6)n4)[C@@H](C)O5)CC3)cc2N(C)C(=O)[C@H]1NC(=O)c1n[nH]c(Cc2ccccc2)n1. The van der Waals surface area contributed by atoms with Crippen LogP contribution in [0, 0.1) is 0 Å². The van der Waals surface area contributed by atoms with Crippen LogP contribution in [0.4, 0.5) is 11.4 Å². The number of rotatable bonds is 16. The number of likely N-dealkylation sites (N-methyl/N-ethyl adjacent to an activating group) is 2. The molecule has 9 rings (SSSR count). The maximum Gasteiger partial charge on any atom is 0.291 e. The van der Waals surface area contributed by atoms with Crippen LogP contribution in [0.2, 0.25) is 0 Å². The van der Waals surface area contributed by atoms with Crippen molar-refractivity contribution in [3.8, 4) is 11.5 Å². The van der Waals surface area contributed by atoms with E-state index in [2.05, 4.69) is 62.9 Å². The largest absolute Gasteiger partial charge is 0.486 e. The van der Waals surface area contributed by atoms with Crippen molar-refractivity contribution in [2.75, 3.05) is 63.2 Å². The Labute approximate surface area is 407 Å². The number of carbonyl (C=O) groups is 4. The smallest absolute Gasteiger partial charge is 0.291 e. The fourth-order valence-electron chi connectivity index (χ4n) is 9.30. The second-order valence-electron chi connectivity index (χ2n) is 18.4. The van der Waals surface area contributed by atoms with Crippen LogP contribution in [0.3, 0.4) is 0 Å². The molecule has 0 spiro atoms. The Hall–Kier alpha value is -7.44. The van der Waals surface area contributed by atoms with E-state index in [1.807, 2.05) is 84.9 Å². The van der Waals surface area contributed by atoms with Crippen LogP contribution in [0.1, 0.15) is 81.8 Å². The van der Waals surface area contributed by atoms with Crippen molar-refractivity contribution in [1.29, 1.82) is 0 Å². The number of amides is 4. The Morgan fingerprint density at radius 3 is 1.39 bits per heavy atom. The first-order valence-corrected chi connectivity index (χ1v) is 24.1. The van der Waals surface area contributed by atoms with Crippen molar-refractivity contribution >= 4 is 35.0 Å². The van der Waals surface area contributed by atoms with Crippen molar-refractivity contribution in [3.63, 3.8) is 0 Å². The average molecular weight is 949 g/mol. The van der Waals surface area contributed by atoms with E-state index >= 15 is 0 Å². The molecule has 4 amide bonds. The number of carbonyl (C=O) groups excluding carboxylic acids is 4. The number of hydrogen-bond donors (Lipinski definition) is 4. The van der Waals surface area contributed by atoms with E-state index in [9.17, 15) is 19.2 Å². The van der Waals surface area contributed by atoms with Crippen molar-refractivity contribution in [2.45, 2.75) is 76.7 Å². The van der Waals surface area contributed by atoms with E-state index in [4.69, 9.17) is 9.47 Å². The minimum Gasteiger partial charge on any atom is -0.486 e. The van der Waals surface area contributed by atoms with Gasteiger partial charge < -0.3 is 39.7 Å². The van der Waals surface area contributed by atoms with Crippen molar-refractivity contribution in [3.05, 3.63) is 143 Å². The number of benzene rings is 4. The fraction of sp³-hybridized carbons (Fsp3) is 0.385. The summed E-state index contributed by atoms with van der Waals surface area (Å²) >= 11 is 0. The van der Waals surface area contributed by atoms with Crippen LogP contribution in [-0.2, 0) is 35.3 Å². The van der Waals surface area contributed by atoms with E-state index in [0.717, 1.165) is 87.2 Å². The lowest BCUT2D eigenvalue weighted by atomic mass is 10.1. The Kier molecular flexibility index (Phi) is 14.6. The average Bonchev–Trinajstić information content (AvgIpc) is 4.02. The molecule has 0 bridgehead atoms. The number of ether oxygens (including phenoxy) is 2. The minimum atomic E-state index is -0.936. The molecule has 70 heavy (non-hydrogen) atoms. The lowest BCUT2D eigenvalue weighted by molar-refractivity contribution is -0.122. The third-order valence-corrected chi connectivity index (χ3v) is 13.3. The maximum atomic E-state index is 13.8. The van der Waals surface area contributed by atoms with Crippen molar-refractivity contribution < 1.29 is 28.7 Å². The molecule has 6 aromatic rings. The number of nitrogens with one attached hydrogen (secondary N) is 4. The van der Waals surface area contributed by atoms with Gasteiger partial charge in [-0.3, -0.25) is 29.4 Å². The first-order chi connectivity index (χ1) is 33.9. The fourth-order valence-corrected chi connectivity index (χ4v) is 9.30.